The molecule has 1 heterocycles. The molecule has 0 aliphatic rings. The van der Waals surface area contributed by atoms with E-state index in [9.17, 15) is 0 Å². The van der Waals surface area contributed by atoms with Crippen molar-refractivity contribution in [3.05, 3.63) is 45.4 Å². The lowest BCUT2D eigenvalue weighted by Crippen LogP contribution is -2.17. The van der Waals surface area contributed by atoms with E-state index in [0.29, 0.717) is 0 Å². The zero-order valence-electron chi connectivity index (χ0n) is 11.5. The lowest BCUT2D eigenvalue weighted by atomic mass is 10.1. The molecule has 0 amide bonds. The number of rotatable bonds is 4. The van der Waals surface area contributed by atoms with E-state index >= 15 is 0 Å². The second kappa shape index (κ2) is 5.53. The molecule has 1 aromatic carbocycles. The first-order valence-electron chi connectivity index (χ1n) is 6.32. The van der Waals surface area contributed by atoms with Crippen molar-refractivity contribution in [3.8, 4) is 0 Å². The minimum atomic E-state index is 0.876. The van der Waals surface area contributed by atoms with E-state index in [1.54, 1.807) is 11.3 Å². The van der Waals surface area contributed by atoms with Crippen LogP contribution in [0, 0.1) is 13.8 Å². The predicted molar refractivity (Wildman–Crippen MR) is 79.5 cm³/mol. The fourth-order valence-corrected chi connectivity index (χ4v) is 2.78. The number of aryl methyl sites for hydroxylation is 3. The van der Waals surface area contributed by atoms with Gasteiger partial charge in [0, 0.05) is 18.1 Å². The Balaban J connectivity index is 2.16. The molecular formula is C15H20N2S. The first kappa shape index (κ1) is 13.1. The van der Waals surface area contributed by atoms with Crippen LogP contribution in [0.4, 0.5) is 5.69 Å². The predicted octanol–water partition coefficient (Wildman–Crippen LogP) is 3.96. The highest BCUT2D eigenvalue weighted by atomic mass is 32.1. The lowest BCUT2D eigenvalue weighted by molar-refractivity contribution is 0.878. The number of hydrogen-bond acceptors (Lipinski definition) is 3. The number of hydrogen-bond donors (Lipinski definition) is 0. The topological polar surface area (TPSA) is 16.1 Å². The Kier molecular flexibility index (Phi) is 4.02. The standard InChI is InChI=1S/C15H20N2S/c1-5-15-16-13(10-18-15)9-17(4)14-8-11(2)6-7-12(14)3/h6-8,10H,5,9H2,1-4H3. The largest absolute Gasteiger partial charge is 0.368 e. The number of benzene rings is 1. The summed E-state index contributed by atoms with van der Waals surface area (Å²) in [6.07, 6.45) is 1.03. The molecule has 3 heteroatoms. The molecule has 0 unspecified atom stereocenters. The molecule has 1 aromatic heterocycles. The molecule has 18 heavy (non-hydrogen) atoms. The van der Waals surface area contributed by atoms with Crippen LogP contribution in [0.1, 0.15) is 28.8 Å². The fourth-order valence-electron chi connectivity index (χ4n) is 2.04. The van der Waals surface area contributed by atoms with Crippen LogP contribution in [-0.2, 0) is 13.0 Å². The monoisotopic (exact) mass is 260 g/mol. The molecule has 0 saturated heterocycles. The fraction of sp³-hybridized carbons (Fsp3) is 0.400. The van der Waals surface area contributed by atoms with Gasteiger partial charge in [-0.05, 0) is 37.5 Å². The van der Waals surface area contributed by atoms with Gasteiger partial charge < -0.3 is 4.90 Å². The summed E-state index contributed by atoms with van der Waals surface area (Å²) in [7, 11) is 2.13. The van der Waals surface area contributed by atoms with Crippen molar-refractivity contribution in [2.45, 2.75) is 33.7 Å². The smallest absolute Gasteiger partial charge is 0.0926 e. The number of thiazole rings is 1. The van der Waals surface area contributed by atoms with Gasteiger partial charge in [-0.15, -0.1) is 11.3 Å². The van der Waals surface area contributed by atoms with Crippen molar-refractivity contribution in [1.82, 2.24) is 4.98 Å². The second-order valence-corrected chi connectivity index (χ2v) is 5.67. The molecule has 0 N–H and O–H groups in total. The molecule has 0 radical (unpaired) electrons. The zero-order valence-corrected chi connectivity index (χ0v) is 12.3. The first-order valence-corrected chi connectivity index (χ1v) is 7.19. The Labute approximate surface area is 113 Å². The van der Waals surface area contributed by atoms with Crippen LogP contribution >= 0.6 is 11.3 Å². The molecule has 2 nitrogen and oxygen atoms in total. The second-order valence-electron chi connectivity index (χ2n) is 4.73. The third-order valence-electron chi connectivity index (χ3n) is 3.08. The van der Waals surface area contributed by atoms with Gasteiger partial charge in [0.2, 0.25) is 0 Å². The minimum Gasteiger partial charge on any atom is -0.368 e. The highest BCUT2D eigenvalue weighted by Crippen LogP contribution is 2.22. The van der Waals surface area contributed by atoms with Gasteiger partial charge >= 0.3 is 0 Å². The molecule has 0 spiro atoms. The third-order valence-corrected chi connectivity index (χ3v) is 4.12. The first-order chi connectivity index (χ1) is 8.60. The summed E-state index contributed by atoms with van der Waals surface area (Å²) in [4.78, 5) is 6.90. The van der Waals surface area contributed by atoms with Gasteiger partial charge in [0.25, 0.3) is 0 Å². The lowest BCUT2D eigenvalue weighted by Gasteiger charge is -2.21. The maximum absolute atomic E-state index is 4.62. The molecule has 2 aromatic rings. The van der Waals surface area contributed by atoms with Crippen LogP contribution in [0.15, 0.2) is 23.6 Å². The molecule has 2 rings (SSSR count). The van der Waals surface area contributed by atoms with E-state index in [0.717, 1.165) is 13.0 Å². The summed E-state index contributed by atoms with van der Waals surface area (Å²) < 4.78 is 0. The number of nitrogens with zero attached hydrogens (tertiary/aromatic N) is 2. The highest BCUT2D eigenvalue weighted by Gasteiger charge is 2.08. The average molecular weight is 260 g/mol. The normalized spacial score (nSPS) is 10.7. The van der Waals surface area contributed by atoms with E-state index in [-0.39, 0.29) is 0 Å². The summed E-state index contributed by atoms with van der Waals surface area (Å²) in [5, 5.41) is 3.39. The molecule has 0 atom stereocenters. The maximum atomic E-state index is 4.62. The Morgan fingerprint density at radius 2 is 2.06 bits per heavy atom. The number of anilines is 1. The average Bonchev–Trinajstić information content (AvgIpc) is 2.80. The van der Waals surface area contributed by atoms with Crippen molar-refractivity contribution >= 4 is 17.0 Å². The van der Waals surface area contributed by atoms with Crippen LogP contribution in [0.3, 0.4) is 0 Å². The van der Waals surface area contributed by atoms with Gasteiger partial charge in [-0.2, -0.15) is 0 Å². The summed E-state index contributed by atoms with van der Waals surface area (Å²) in [5.74, 6) is 0. The van der Waals surface area contributed by atoms with Gasteiger partial charge in [0.15, 0.2) is 0 Å². The van der Waals surface area contributed by atoms with Crippen molar-refractivity contribution in [2.24, 2.45) is 0 Å². The van der Waals surface area contributed by atoms with Crippen molar-refractivity contribution in [2.75, 3.05) is 11.9 Å². The maximum Gasteiger partial charge on any atom is 0.0926 e. The van der Waals surface area contributed by atoms with Crippen molar-refractivity contribution in [3.63, 3.8) is 0 Å². The van der Waals surface area contributed by atoms with E-state index in [4.69, 9.17) is 0 Å². The van der Waals surface area contributed by atoms with Gasteiger partial charge in [-0.3, -0.25) is 0 Å². The molecular weight excluding hydrogens is 240 g/mol. The van der Waals surface area contributed by atoms with E-state index in [2.05, 4.69) is 61.3 Å². The Morgan fingerprint density at radius 1 is 1.28 bits per heavy atom. The van der Waals surface area contributed by atoms with Crippen LogP contribution in [0.2, 0.25) is 0 Å². The van der Waals surface area contributed by atoms with Crippen LogP contribution in [0.5, 0.6) is 0 Å². The Hall–Kier alpha value is -1.35. The van der Waals surface area contributed by atoms with Gasteiger partial charge in [-0.1, -0.05) is 19.1 Å². The van der Waals surface area contributed by atoms with E-state index < -0.39 is 0 Å². The SMILES string of the molecule is CCc1nc(CN(C)c2cc(C)ccc2C)cs1. The van der Waals surface area contributed by atoms with E-state index in [1.807, 2.05) is 0 Å². The van der Waals surface area contributed by atoms with Crippen LogP contribution < -0.4 is 4.90 Å². The van der Waals surface area contributed by atoms with Crippen molar-refractivity contribution < 1.29 is 0 Å². The zero-order chi connectivity index (χ0) is 13.1. The number of aromatic nitrogens is 1. The molecule has 0 fully saturated rings. The minimum absolute atomic E-state index is 0.876. The van der Waals surface area contributed by atoms with Gasteiger partial charge in [0.05, 0.1) is 17.2 Å². The van der Waals surface area contributed by atoms with Gasteiger partial charge in [0.1, 0.15) is 0 Å². The van der Waals surface area contributed by atoms with E-state index in [1.165, 1.54) is 27.5 Å². The quantitative estimate of drug-likeness (QED) is 0.827. The van der Waals surface area contributed by atoms with Crippen LogP contribution in [0.25, 0.3) is 0 Å². The molecule has 96 valence electrons. The Morgan fingerprint density at radius 3 is 2.72 bits per heavy atom. The highest BCUT2D eigenvalue weighted by molar-refractivity contribution is 7.09. The van der Waals surface area contributed by atoms with Crippen molar-refractivity contribution in [1.29, 1.82) is 0 Å². The molecule has 0 aliphatic heterocycles. The molecule has 0 bridgehead atoms. The van der Waals surface area contributed by atoms with Crippen LogP contribution in [-0.4, -0.2) is 12.0 Å². The summed E-state index contributed by atoms with van der Waals surface area (Å²) in [5.41, 5.74) is 5.07. The van der Waals surface area contributed by atoms with Gasteiger partial charge in [-0.25, -0.2) is 4.98 Å². The summed E-state index contributed by atoms with van der Waals surface area (Å²) in [6.45, 7) is 7.32. The summed E-state index contributed by atoms with van der Waals surface area (Å²) >= 11 is 1.76. The molecule has 0 aliphatic carbocycles. The summed E-state index contributed by atoms with van der Waals surface area (Å²) in [6, 6.07) is 6.58. The third kappa shape index (κ3) is 2.91. The Bertz CT molecular complexity index is 531. The molecule has 0 saturated carbocycles.